The molecule has 84 valence electrons. The molecular formula is C11H10FNO3. The first kappa shape index (κ1) is 10.8. The van der Waals surface area contributed by atoms with Crippen molar-refractivity contribution in [3.8, 4) is 0 Å². The normalized spacial score (nSPS) is 17.3. The largest absolute Gasteiger partial charge is 0.391 e. The molecule has 1 aromatic carbocycles. The molecule has 1 aliphatic rings. The van der Waals surface area contributed by atoms with E-state index in [-0.39, 0.29) is 18.9 Å². The van der Waals surface area contributed by atoms with Crippen LogP contribution < -0.4 is 0 Å². The predicted molar refractivity (Wildman–Crippen MR) is 52.8 cm³/mol. The van der Waals surface area contributed by atoms with Crippen LogP contribution in [0.25, 0.3) is 0 Å². The van der Waals surface area contributed by atoms with Crippen molar-refractivity contribution in [2.45, 2.75) is 6.54 Å². The van der Waals surface area contributed by atoms with Gasteiger partial charge in [-0.2, -0.15) is 0 Å². The molecule has 0 bridgehead atoms. The maximum atomic E-state index is 12.6. The molecule has 1 aromatic rings. The molecule has 16 heavy (non-hydrogen) atoms. The fourth-order valence-electron chi connectivity index (χ4n) is 1.57. The lowest BCUT2D eigenvalue weighted by Gasteiger charge is -2.23. The molecule has 0 aromatic heterocycles. The molecule has 0 amide bonds. The summed E-state index contributed by atoms with van der Waals surface area (Å²) in [6, 6.07) is 5.94. The highest BCUT2D eigenvalue weighted by molar-refractivity contribution is 5.90. The van der Waals surface area contributed by atoms with Crippen LogP contribution in [0.4, 0.5) is 4.39 Å². The molecule has 0 N–H and O–H groups in total. The Morgan fingerprint density at radius 1 is 1.12 bits per heavy atom. The number of nitrogens with zero attached hydrogens (tertiary/aromatic N) is 1. The third-order valence-electron chi connectivity index (χ3n) is 2.25. The standard InChI is InChI=1S/C11H10FNO3/c12-9-3-1-8(2-4-9)5-13-6-10(14)16-11(15)7-13/h1-4H,5-7H2. The van der Waals surface area contributed by atoms with Crippen LogP contribution in [0.5, 0.6) is 0 Å². The van der Waals surface area contributed by atoms with E-state index in [2.05, 4.69) is 4.74 Å². The smallest absolute Gasteiger partial charge is 0.327 e. The molecule has 0 radical (unpaired) electrons. The Labute approximate surface area is 91.6 Å². The van der Waals surface area contributed by atoms with Crippen LogP contribution in [0.2, 0.25) is 0 Å². The van der Waals surface area contributed by atoms with Gasteiger partial charge in [0, 0.05) is 6.54 Å². The Kier molecular flexibility index (Phi) is 2.96. The van der Waals surface area contributed by atoms with E-state index in [1.807, 2.05) is 0 Å². The maximum absolute atomic E-state index is 12.6. The van der Waals surface area contributed by atoms with Gasteiger partial charge in [-0.3, -0.25) is 14.5 Å². The summed E-state index contributed by atoms with van der Waals surface area (Å²) in [5, 5.41) is 0. The third-order valence-corrected chi connectivity index (χ3v) is 2.25. The minimum Gasteiger partial charge on any atom is -0.391 e. The molecule has 0 saturated carbocycles. The van der Waals surface area contributed by atoms with E-state index in [9.17, 15) is 14.0 Å². The molecule has 5 heteroatoms. The SMILES string of the molecule is O=C1CN(Cc2ccc(F)cc2)CC(=O)O1. The molecule has 1 saturated heterocycles. The molecule has 1 aliphatic heterocycles. The highest BCUT2D eigenvalue weighted by atomic mass is 19.1. The highest BCUT2D eigenvalue weighted by Crippen LogP contribution is 2.09. The number of hydrogen-bond donors (Lipinski definition) is 0. The summed E-state index contributed by atoms with van der Waals surface area (Å²) in [4.78, 5) is 23.6. The molecule has 1 fully saturated rings. The number of benzene rings is 1. The number of carbonyl (C=O) groups excluding carboxylic acids is 2. The number of hydrogen-bond acceptors (Lipinski definition) is 4. The van der Waals surface area contributed by atoms with Gasteiger partial charge in [-0.05, 0) is 17.7 Å². The minimum atomic E-state index is -0.543. The van der Waals surface area contributed by atoms with Crippen LogP contribution in [-0.4, -0.2) is 29.9 Å². The summed E-state index contributed by atoms with van der Waals surface area (Å²) >= 11 is 0. The summed E-state index contributed by atoms with van der Waals surface area (Å²) in [5.74, 6) is -1.39. The Balaban J connectivity index is 2.01. The van der Waals surface area contributed by atoms with Gasteiger partial charge in [0.2, 0.25) is 0 Å². The van der Waals surface area contributed by atoms with Crippen molar-refractivity contribution in [2.75, 3.05) is 13.1 Å². The number of morpholine rings is 1. The second-order valence-electron chi connectivity index (χ2n) is 3.62. The molecule has 4 nitrogen and oxygen atoms in total. The van der Waals surface area contributed by atoms with Gasteiger partial charge in [-0.1, -0.05) is 12.1 Å². The monoisotopic (exact) mass is 223 g/mol. The molecule has 0 unspecified atom stereocenters. The van der Waals surface area contributed by atoms with Crippen molar-refractivity contribution in [2.24, 2.45) is 0 Å². The quantitative estimate of drug-likeness (QED) is 0.547. The summed E-state index contributed by atoms with van der Waals surface area (Å²) in [6.07, 6.45) is 0. The zero-order valence-electron chi connectivity index (χ0n) is 8.48. The molecule has 2 rings (SSSR count). The number of carbonyl (C=O) groups is 2. The van der Waals surface area contributed by atoms with Gasteiger partial charge < -0.3 is 4.74 Å². The van der Waals surface area contributed by atoms with Gasteiger partial charge in [0.15, 0.2) is 0 Å². The lowest BCUT2D eigenvalue weighted by atomic mass is 10.2. The van der Waals surface area contributed by atoms with Crippen LogP contribution in [0.1, 0.15) is 5.56 Å². The third kappa shape index (κ3) is 2.64. The fourth-order valence-corrected chi connectivity index (χ4v) is 1.57. The molecular weight excluding hydrogens is 213 g/mol. The summed E-state index contributed by atoms with van der Waals surface area (Å²) in [5.41, 5.74) is 0.851. The van der Waals surface area contributed by atoms with E-state index < -0.39 is 11.9 Å². The van der Waals surface area contributed by atoms with E-state index in [1.165, 1.54) is 12.1 Å². The van der Waals surface area contributed by atoms with E-state index in [4.69, 9.17) is 0 Å². The van der Waals surface area contributed by atoms with Crippen molar-refractivity contribution < 1.29 is 18.7 Å². The number of esters is 2. The van der Waals surface area contributed by atoms with E-state index >= 15 is 0 Å². The number of cyclic esters (lactones) is 2. The Morgan fingerprint density at radius 2 is 1.69 bits per heavy atom. The van der Waals surface area contributed by atoms with Gasteiger partial charge in [-0.15, -0.1) is 0 Å². The topological polar surface area (TPSA) is 46.6 Å². The van der Waals surface area contributed by atoms with Crippen molar-refractivity contribution in [1.82, 2.24) is 4.90 Å². The second kappa shape index (κ2) is 4.40. The van der Waals surface area contributed by atoms with E-state index in [0.717, 1.165) is 5.56 Å². The molecule has 1 heterocycles. The molecule has 0 spiro atoms. The zero-order valence-corrected chi connectivity index (χ0v) is 8.48. The number of ether oxygens (including phenoxy) is 1. The Hall–Kier alpha value is -1.75. The van der Waals surface area contributed by atoms with Crippen LogP contribution in [0, 0.1) is 5.82 Å². The lowest BCUT2D eigenvalue weighted by Crippen LogP contribution is -2.42. The van der Waals surface area contributed by atoms with Crippen molar-refractivity contribution in [1.29, 1.82) is 0 Å². The van der Waals surface area contributed by atoms with Crippen molar-refractivity contribution in [3.63, 3.8) is 0 Å². The summed E-state index contributed by atoms with van der Waals surface area (Å²) in [6.45, 7) is 0.605. The predicted octanol–water partition coefficient (Wildman–Crippen LogP) is 0.711. The summed E-state index contributed by atoms with van der Waals surface area (Å²) in [7, 11) is 0. The average molecular weight is 223 g/mol. The zero-order chi connectivity index (χ0) is 11.5. The lowest BCUT2D eigenvalue weighted by molar-refractivity contribution is -0.167. The van der Waals surface area contributed by atoms with Crippen LogP contribution in [0.15, 0.2) is 24.3 Å². The van der Waals surface area contributed by atoms with E-state index in [1.54, 1.807) is 17.0 Å². The van der Waals surface area contributed by atoms with Crippen molar-refractivity contribution >= 4 is 11.9 Å². The summed E-state index contributed by atoms with van der Waals surface area (Å²) < 4.78 is 17.0. The molecule has 0 atom stereocenters. The van der Waals surface area contributed by atoms with Gasteiger partial charge >= 0.3 is 11.9 Å². The van der Waals surface area contributed by atoms with Crippen molar-refractivity contribution in [3.05, 3.63) is 35.6 Å². The average Bonchev–Trinajstić information content (AvgIpc) is 2.20. The second-order valence-corrected chi connectivity index (χ2v) is 3.62. The Morgan fingerprint density at radius 3 is 2.25 bits per heavy atom. The van der Waals surface area contributed by atoms with Crippen LogP contribution in [-0.2, 0) is 20.9 Å². The maximum Gasteiger partial charge on any atom is 0.327 e. The van der Waals surface area contributed by atoms with Crippen LogP contribution in [0.3, 0.4) is 0 Å². The first-order valence-electron chi connectivity index (χ1n) is 4.84. The minimum absolute atomic E-state index is 0.0864. The first-order chi connectivity index (χ1) is 7.63. The van der Waals surface area contributed by atoms with Gasteiger partial charge in [0.05, 0.1) is 13.1 Å². The highest BCUT2D eigenvalue weighted by Gasteiger charge is 2.24. The van der Waals surface area contributed by atoms with E-state index in [0.29, 0.717) is 6.54 Å². The van der Waals surface area contributed by atoms with Gasteiger partial charge in [0.1, 0.15) is 5.82 Å². The number of rotatable bonds is 2. The molecule has 0 aliphatic carbocycles. The fraction of sp³-hybridized carbons (Fsp3) is 0.273. The van der Waals surface area contributed by atoms with Gasteiger partial charge in [-0.25, -0.2) is 4.39 Å². The number of halogens is 1. The van der Waals surface area contributed by atoms with Crippen LogP contribution >= 0.6 is 0 Å². The Bertz CT molecular complexity index is 400. The first-order valence-corrected chi connectivity index (χ1v) is 4.84. The van der Waals surface area contributed by atoms with Gasteiger partial charge in [0.25, 0.3) is 0 Å².